The van der Waals surface area contributed by atoms with Gasteiger partial charge in [-0.2, -0.15) is 0 Å². The van der Waals surface area contributed by atoms with Crippen LogP contribution in [0.25, 0.3) is 22.2 Å². The van der Waals surface area contributed by atoms with Crippen LogP contribution in [0.5, 0.6) is 5.75 Å². The van der Waals surface area contributed by atoms with E-state index >= 15 is 0 Å². The second-order valence-electron chi connectivity index (χ2n) is 6.21. The van der Waals surface area contributed by atoms with Crippen LogP contribution in [0.4, 0.5) is 5.69 Å². The van der Waals surface area contributed by atoms with Crippen molar-refractivity contribution in [2.45, 2.75) is 31.7 Å². The molecule has 4 rings (SSSR count). The predicted octanol–water partition coefficient (Wildman–Crippen LogP) is 4.46. The van der Waals surface area contributed by atoms with E-state index in [2.05, 4.69) is 20.7 Å². The van der Waals surface area contributed by atoms with E-state index in [1.807, 2.05) is 18.2 Å². The van der Waals surface area contributed by atoms with Crippen LogP contribution < -0.4 is 10.5 Å². The number of hydrogen-bond acceptors (Lipinski definition) is 4. The van der Waals surface area contributed by atoms with Gasteiger partial charge in [-0.15, -0.1) is 0 Å². The van der Waals surface area contributed by atoms with Crippen LogP contribution in [0.3, 0.4) is 0 Å². The number of hydrogen-bond donors (Lipinski definition) is 1. The predicted molar refractivity (Wildman–Crippen MR) is 96.4 cm³/mol. The summed E-state index contributed by atoms with van der Waals surface area (Å²) in [7, 11) is 1.62. The van der Waals surface area contributed by atoms with Gasteiger partial charge in [-0.1, -0.05) is 30.5 Å². The zero-order chi connectivity index (χ0) is 16.7. The second-order valence-corrected chi connectivity index (χ2v) is 6.57. The zero-order valence-electron chi connectivity index (χ0n) is 13.5. The van der Waals surface area contributed by atoms with Crippen molar-refractivity contribution in [3.8, 4) is 16.9 Å². The molecule has 124 valence electrons. The highest BCUT2D eigenvalue weighted by Gasteiger charge is 2.23. The maximum absolute atomic E-state index is 6.42. The molecule has 2 heterocycles. The molecule has 0 aliphatic heterocycles. The molecule has 1 aliphatic rings. The first-order valence-electron chi connectivity index (χ1n) is 8.14. The van der Waals surface area contributed by atoms with E-state index in [0.29, 0.717) is 22.6 Å². The third-order valence-corrected chi connectivity index (χ3v) is 5.11. The maximum atomic E-state index is 6.42. The van der Waals surface area contributed by atoms with Crippen LogP contribution in [0, 0.1) is 0 Å². The van der Waals surface area contributed by atoms with Gasteiger partial charge >= 0.3 is 0 Å². The first kappa shape index (κ1) is 15.3. The van der Waals surface area contributed by atoms with Gasteiger partial charge in [0.1, 0.15) is 22.9 Å². The molecule has 1 aromatic carbocycles. The SMILES string of the molecule is COc1cc(-c2cn(C3CCCC3)c3ncnc(Cl)c23)ccc1N. The minimum absolute atomic E-state index is 0.475. The third-order valence-electron chi connectivity index (χ3n) is 4.83. The van der Waals surface area contributed by atoms with E-state index in [9.17, 15) is 0 Å². The maximum Gasteiger partial charge on any atom is 0.145 e. The van der Waals surface area contributed by atoms with Gasteiger partial charge in [0, 0.05) is 17.8 Å². The zero-order valence-corrected chi connectivity index (χ0v) is 14.3. The largest absolute Gasteiger partial charge is 0.495 e. The summed E-state index contributed by atoms with van der Waals surface area (Å²) in [5, 5.41) is 1.36. The molecule has 6 heteroatoms. The fourth-order valence-corrected chi connectivity index (χ4v) is 3.84. The summed E-state index contributed by atoms with van der Waals surface area (Å²) in [5.74, 6) is 0.655. The summed E-state index contributed by atoms with van der Waals surface area (Å²) in [5.41, 5.74) is 9.47. The molecule has 0 saturated heterocycles. The smallest absolute Gasteiger partial charge is 0.145 e. The van der Waals surface area contributed by atoms with Crippen LogP contribution in [0.15, 0.2) is 30.7 Å². The van der Waals surface area contributed by atoms with E-state index in [1.165, 1.54) is 32.0 Å². The van der Waals surface area contributed by atoms with E-state index in [4.69, 9.17) is 22.1 Å². The third kappa shape index (κ3) is 2.40. The molecular weight excluding hydrogens is 324 g/mol. The molecule has 5 nitrogen and oxygen atoms in total. The number of halogens is 1. The molecule has 0 amide bonds. The number of fused-ring (bicyclic) bond motifs is 1. The van der Waals surface area contributed by atoms with Crippen LogP contribution in [0.2, 0.25) is 5.15 Å². The van der Waals surface area contributed by atoms with Crippen LogP contribution >= 0.6 is 11.6 Å². The Hall–Kier alpha value is -2.27. The van der Waals surface area contributed by atoms with Gasteiger partial charge in [0.2, 0.25) is 0 Å². The second kappa shape index (κ2) is 5.98. The Kier molecular flexibility index (Phi) is 3.81. The van der Waals surface area contributed by atoms with Crippen molar-refractivity contribution in [3.63, 3.8) is 0 Å². The average molecular weight is 343 g/mol. The van der Waals surface area contributed by atoms with E-state index in [1.54, 1.807) is 7.11 Å². The first-order valence-corrected chi connectivity index (χ1v) is 8.51. The van der Waals surface area contributed by atoms with E-state index in [-0.39, 0.29) is 0 Å². The summed E-state index contributed by atoms with van der Waals surface area (Å²) in [6, 6.07) is 6.24. The van der Waals surface area contributed by atoms with E-state index < -0.39 is 0 Å². The number of nitrogens with two attached hydrogens (primary N) is 1. The summed E-state index contributed by atoms with van der Waals surface area (Å²) in [4.78, 5) is 8.68. The van der Waals surface area contributed by atoms with Gasteiger partial charge in [0.15, 0.2) is 0 Å². The van der Waals surface area contributed by atoms with Gasteiger partial charge in [0.25, 0.3) is 0 Å². The molecule has 0 bridgehead atoms. The van der Waals surface area contributed by atoms with Crippen molar-refractivity contribution in [2.75, 3.05) is 12.8 Å². The Balaban J connectivity index is 1.95. The highest BCUT2D eigenvalue weighted by Crippen LogP contribution is 2.40. The summed E-state index contributed by atoms with van der Waals surface area (Å²) in [6.45, 7) is 0. The van der Waals surface area contributed by atoms with Gasteiger partial charge in [-0.3, -0.25) is 0 Å². The standard InChI is InChI=1S/C18H19ClN4O/c1-24-15-8-11(6-7-14(15)20)13-9-23(12-4-2-3-5-12)18-16(13)17(19)21-10-22-18/h6-10,12H,2-5,20H2,1H3. The Morgan fingerprint density at radius 2 is 2.04 bits per heavy atom. The number of nitrogen functional groups attached to an aromatic ring is 1. The molecule has 1 aliphatic carbocycles. The number of aromatic nitrogens is 3. The number of ether oxygens (including phenoxy) is 1. The minimum atomic E-state index is 0.475. The first-order chi connectivity index (χ1) is 11.7. The molecule has 2 aromatic heterocycles. The number of benzene rings is 1. The fraction of sp³-hybridized carbons (Fsp3) is 0.333. The van der Waals surface area contributed by atoms with Gasteiger partial charge < -0.3 is 15.0 Å². The van der Waals surface area contributed by atoms with Crippen molar-refractivity contribution in [1.82, 2.24) is 14.5 Å². The molecule has 3 aromatic rings. The summed E-state index contributed by atoms with van der Waals surface area (Å²) < 4.78 is 7.62. The lowest BCUT2D eigenvalue weighted by Gasteiger charge is -2.12. The Morgan fingerprint density at radius 3 is 2.79 bits per heavy atom. The van der Waals surface area contributed by atoms with Crippen molar-refractivity contribution in [3.05, 3.63) is 35.9 Å². The molecule has 24 heavy (non-hydrogen) atoms. The monoisotopic (exact) mass is 342 g/mol. The lowest BCUT2D eigenvalue weighted by molar-refractivity contribution is 0.417. The summed E-state index contributed by atoms with van der Waals surface area (Å²) in [6.07, 6.45) is 8.55. The van der Waals surface area contributed by atoms with Gasteiger partial charge in [-0.25, -0.2) is 9.97 Å². The fourth-order valence-electron chi connectivity index (χ4n) is 3.61. The minimum Gasteiger partial charge on any atom is -0.495 e. The van der Waals surface area contributed by atoms with E-state index in [0.717, 1.165) is 22.2 Å². The van der Waals surface area contributed by atoms with Gasteiger partial charge in [0.05, 0.1) is 18.2 Å². The average Bonchev–Trinajstić information content (AvgIpc) is 3.23. The molecule has 0 unspecified atom stereocenters. The van der Waals surface area contributed by atoms with Crippen LogP contribution in [-0.2, 0) is 0 Å². The number of anilines is 1. The highest BCUT2D eigenvalue weighted by atomic mass is 35.5. The topological polar surface area (TPSA) is 66.0 Å². The van der Waals surface area contributed by atoms with Crippen molar-refractivity contribution in [1.29, 1.82) is 0 Å². The number of rotatable bonds is 3. The molecular formula is C18H19ClN4O. The van der Waals surface area contributed by atoms with Crippen LogP contribution in [0.1, 0.15) is 31.7 Å². The summed E-state index contributed by atoms with van der Waals surface area (Å²) >= 11 is 6.42. The van der Waals surface area contributed by atoms with Crippen molar-refractivity contribution >= 4 is 28.3 Å². The van der Waals surface area contributed by atoms with Crippen LogP contribution in [-0.4, -0.2) is 21.6 Å². The molecule has 1 fully saturated rings. The lowest BCUT2D eigenvalue weighted by Crippen LogP contribution is -2.03. The molecule has 0 spiro atoms. The van der Waals surface area contributed by atoms with Gasteiger partial charge in [-0.05, 0) is 30.5 Å². The molecule has 1 saturated carbocycles. The molecule has 2 N–H and O–H groups in total. The normalized spacial score (nSPS) is 15.2. The van der Waals surface area contributed by atoms with Crippen molar-refractivity contribution < 1.29 is 4.74 Å². The highest BCUT2D eigenvalue weighted by molar-refractivity contribution is 6.35. The Morgan fingerprint density at radius 1 is 1.25 bits per heavy atom. The molecule has 0 atom stereocenters. The Bertz CT molecular complexity index is 899. The van der Waals surface area contributed by atoms with Crippen molar-refractivity contribution in [2.24, 2.45) is 0 Å². The lowest BCUT2D eigenvalue weighted by atomic mass is 10.1. The quantitative estimate of drug-likeness (QED) is 0.563. The Labute approximate surface area is 145 Å². The molecule has 0 radical (unpaired) electrons. The number of nitrogens with zero attached hydrogens (tertiary/aromatic N) is 3. The number of methoxy groups -OCH3 is 1.